The maximum absolute atomic E-state index is 14.0. The molecule has 39 heavy (non-hydrogen) atoms. The van der Waals surface area contributed by atoms with Crippen LogP contribution in [0.4, 0.5) is 5.69 Å². The van der Waals surface area contributed by atoms with Crippen LogP contribution in [0.1, 0.15) is 37.0 Å². The third-order valence-electron chi connectivity index (χ3n) is 6.37. The van der Waals surface area contributed by atoms with Crippen molar-refractivity contribution in [1.29, 1.82) is 0 Å². The van der Waals surface area contributed by atoms with E-state index in [1.807, 2.05) is 51.1 Å². The van der Waals surface area contributed by atoms with Gasteiger partial charge in [-0.25, -0.2) is 8.42 Å². The van der Waals surface area contributed by atoms with Gasteiger partial charge >= 0.3 is 0 Å². The molecule has 0 aliphatic carbocycles. The van der Waals surface area contributed by atoms with E-state index in [2.05, 4.69) is 5.32 Å². The Kier molecular flexibility index (Phi) is 10.1. The average Bonchev–Trinajstić information content (AvgIpc) is 2.93. The lowest BCUT2D eigenvalue weighted by atomic mass is 10.1. The highest BCUT2D eigenvalue weighted by atomic mass is 32.2. The topological polar surface area (TPSA) is 96.0 Å². The predicted octanol–water partition coefficient (Wildman–Crippen LogP) is 4.45. The van der Waals surface area contributed by atoms with Crippen LogP contribution in [0, 0.1) is 13.8 Å². The number of hydrogen-bond donors (Lipinski definition) is 1. The van der Waals surface area contributed by atoms with Crippen molar-refractivity contribution in [2.24, 2.45) is 0 Å². The number of sulfonamides is 1. The van der Waals surface area contributed by atoms with E-state index in [1.165, 1.54) is 24.1 Å². The summed E-state index contributed by atoms with van der Waals surface area (Å²) >= 11 is 0. The number of rotatable bonds is 12. The largest absolute Gasteiger partial charge is 0.495 e. The molecule has 0 aliphatic heterocycles. The first kappa shape index (κ1) is 29.7. The summed E-state index contributed by atoms with van der Waals surface area (Å²) in [5.41, 5.74) is 2.90. The van der Waals surface area contributed by atoms with E-state index in [4.69, 9.17) is 4.74 Å². The van der Waals surface area contributed by atoms with Gasteiger partial charge in [-0.2, -0.15) is 0 Å². The fraction of sp³-hybridized carbons (Fsp3) is 0.333. The van der Waals surface area contributed by atoms with E-state index >= 15 is 0 Å². The molecule has 0 radical (unpaired) electrons. The van der Waals surface area contributed by atoms with Crippen molar-refractivity contribution in [1.82, 2.24) is 10.2 Å². The predicted molar refractivity (Wildman–Crippen MR) is 153 cm³/mol. The molecule has 0 saturated heterocycles. The number of amides is 2. The van der Waals surface area contributed by atoms with Gasteiger partial charge in [0.1, 0.15) is 18.3 Å². The van der Waals surface area contributed by atoms with Crippen LogP contribution >= 0.6 is 0 Å². The van der Waals surface area contributed by atoms with Gasteiger partial charge in [0.25, 0.3) is 10.0 Å². The van der Waals surface area contributed by atoms with Crippen LogP contribution in [0.15, 0.2) is 77.7 Å². The molecule has 0 aromatic heterocycles. The fourth-order valence-corrected chi connectivity index (χ4v) is 5.65. The molecule has 3 aromatic rings. The molecule has 0 spiro atoms. The normalized spacial score (nSPS) is 11.9. The second kappa shape index (κ2) is 13.3. The number of carbonyl (C=O) groups excluding carboxylic acids is 2. The quantitative estimate of drug-likeness (QED) is 0.359. The summed E-state index contributed by atoms with van der Waals surface area (Å²) in [5, 5.41) is 2.85. The van der Waals surface area contributed by atoms with Crippen LogP contribution in [-0.4, -0.2) is 51.4 Å². The number of nitrogens with zero attached hydrogens (tertiary/aromatic N) is 2. The summed E-state index contributed by atoms with van der Waals surface area (Å²) < 4.78 is 34.4. The van der Waals surface area contributed by atoms with E-state index in [1.54, 1.807) is 37.3 Å². The molecule has 0 saturated carbocycles. The van der Waals surface area contributed by atoms with Gasteiger partial charge in [0, 0.05) is 13.1 Å². The molecule has 3 aromatic carbocycles. The first-order chi connectivity index (χ1) is 18.6. The molecular weight excluding hydrogens is 514 g/mol. The van der Waals surface area contributed by atoms with Gasteiger partial charge in [0.05, 0.1) is 17.7 Å². The van der Waals surface area contributed by atoms with Crippen molar-refractivity contribution in [2.75, 3.05) is 24.5 Å². The standard InChI is InChI=1S/C30H37N3O5S/c1-6-17-31-30(35)24(4)32(20-25-12-10-11-22(2)18-25)29(34)21-33(27-19-23(3)15-16-28(27)38-5)39(36,37)26-13-8-7-9-14-26/h7-16,18-19,24H,6,17,20-21H2,1-5H3,(H,31,35)/t24-/m1/s1. The summed E-state index contributed by atoms with van der Waals surface area (Å²) in [7, 11) is -2.71. The number of carbonyl (C=O) groups is 2. The molecular formula is C30H37N3O5S. The minimum atomic E-state index is -4.17. The molecule has 0 heterocycles. The first-order valence-electron chi connectivity index (χ1n) is 12.9. The highest BCUT2D eigenvalue weighted by molar-refractivity contribution is 7.92. The third-order valence-corrected chi connectivity index (χ3v) is 8.14. The second-order valence-electron chi connectivity index (χ2n) is 9.48. The zero-order valence-corrected chi connectivity index (χ0v) is 24.0. The van der Waals surface area contributed by atoms with Crippen molar-refractivity contribution in [3.05, 3.63) is 89.5 Å². The number of anilines is 1. The third kappa shape index (κ3) is 7.38. The maximum Gasteiger partial charge on any atom is 0.264 e. The lowest BCUT2D eigenvalue weighted by Crippen LogP contribution is -2.51. The Hall–Kier alpha value is -3.85. The molecule has 1 atom stereocenters. The van der Waals surface area contributed by atoms with Gasteiger partial charge in [-0.1, -0.05) is 61.0 Å². The maximum atomic E-state index is 14.0. The molecule has 0 fully saturated rings. The molecule has 8 nitrogen and oxygen atoms in total. The Balaban J connectivity index is 2.08. The van der Waals surface area contributed by atoms with E-state index in [-0.39, 0.29) is 23.0 Å². The number of nitrogens with one attached hydrogen (secondary N) is 1. The van der Waals surface area contributed by atoms with Gasteiger partial charge in [-0.15, -0.1) is 0 Å². The molecule has 2 amide bonds. The number of aryl methyl sites for hydroxylation is 2. The fourth-order valence-electron chi connectivity index (χ4n) is 4.21. The summed E-state index contributed by atoms with van der Waals surface area (Å²) in [6.07, 6.45) is 0.751. The highest BCUT2D eigenvalue weighted by Gasteiger charge is 2.33. The van der Waals surface area contributed by atoms with Crippen LogP contribution in [0.5, 0.6) is 5.75 Å². The van der Waals surface area contributed by atoms with Gasteiger partial charge < -0.3 is 15.0 Å². The van der Waals surface area contributed by atoms with E-state index in [0.29, 0.717) is 12.3 Å². The molecule has 208 valence electrons. The van der Waals surface area contributed by atoms with Crippen molar-refractivity contribution < 1.29 is 22.7 Å². The van der Waals surface area contributed by atoms with Gasteiger partial charge in [0.15, 0.2) is 0 Å². The molecule has 0 bridgehead atoms. The van der Waals surface area contributed by atoms with Crippen LogP contribution in [0.25, 0.3) is 0 Å². The van der Waals surface area contributed by atoms with E-state index in [0.717, 1.165) is 27.4 Å². The summed E-state index contributed by atoms with van der Waals surface area (Å²) in [4.78, 5) is 28.4. The van der Waals surface area contributed by atoms with Crippen LogP contribution in [0.3, 0.4) is 0 Å². The zero-order valence-electron chi connectivity index (χ0n) is 23.2. The number of ether oxygens (including phenoxy) is 1. The Labute approximate surface area is 231 Å². The molecule has 3 rings (SSSR count). The number of benzene rings is 3. The number of hydrogen-bond acceptors (Lipinski definition) is 5. The molecule has 1 N–H and O–H groups in total. The van der Waals surface area contributed by atoms with E-state index in [9.17, 15) is 18.0 Å². The Bertz CT molecular complexity index is 1390. The SMILES string of the molecule is CCCNC(=O)[C@@H](C)N(Cc1cccc(C)c1)C(=O)CN(c1cc(C)ccc1OC)S(=O)(=O)c1ccccc1. The second-order valence-corrected chi connectivity index (χ2v) is 11.3. The summed E-state index contributed by atoms with van der Waals surface area (Å²) in [6, 6.07) is 19.9. The first-order valence-corrected chi connectivity index (χ1v) is 14.4. The van der Waals surface area contributed by atoms with Gasteiger partial charge in [-0.05, 0) is 62.6 Å². The van der Waals surface area contributed by atoms with Crippen molar-refractivity contribution in [3.8, 4) is 5.75 Å². The van der Waals surface area contributed by atoms with Crippen LogP contribution < -0.4 is 14.4 Å². The number of methoxy groups -OCH3 is 1. The molecule has 0 unspecified atom stereocenters. The van der Waals surface area contributed by atoms with Gasteiger partial charge in [0.2, 0.25) is 11.8 Å². The lowest BCUT2D eigenvalue weighted by Gasteiger charge is -2.32. The highest BCUT2D eigenvalue weighted by Crippen LogP contribution is 2.33. The monoisotopic (exact) mass is 551 g/mol. The van der Waals surface area contributed by atoms with Crippen molar-refractivity contribution in [3.63, 3.8) is 0 Å². The summed E-state index contributed by atoms with van der Waals surface area (Å²) in [5.74, 6) is -0.506. The van der Waals surface area contributed by atoms with Crippen molar-refractivity contribution in [2.45, 2.75) is 51.6 Å². The van der Waals surface area contributed by atoms with Gasteiger partial charge in [-0.3, -0.25) is 13.9 Å². The van der Waals surface area contributed by atoms with Crippen LogP contribution in [-0.2, 0) is 26.2 Å². The Morgan fingerprint density at radius 1 is 0.949 bits per heavy atom. The molecule has 9 heteroatoms. The lowest BCUT2D eigenvalue weighted by molar-refractivity contribution is -0.139. The zero-order chi connectivity index (χ0) is 28.6. The van der Waals surface area contributed by atoms with Crippen molar-refractivity contribution >= 4 is 27.5 Å². The minimum Gasteiger partial charge on any atom is -0.495 e. The smallest absolute Gasteiger partial charge is 0.264 e. The minimum absolute atomic E-state index is 0.0420. The summed E-state index contributed by atoms with van der Waals surface area (Å²) in [6.45, 7) is 7.49. The van der Waals surface area contributed by atoms with Crippen LogP contribution in [0.2, 0.25) is 0 Å². The average molecular weight is 552 g/mol. The molecule has 0 aliphatic rings. The Morgan fingerprint density at radius 2 is 1.64 bits per heavy atom. The van der Waals surface area contributed by atoms with E-state index < -0.39 is 28.5 Å². The Morgan fingerprint density at radius 3 is 2.28 bits per heavy atom.